The van der Waals surface area contributed by atoms with Crippen molar-refractivity contribution in [2.75, 3.05) is 19.8 Å². The van der Waals surface area contributed by atoms with Gasteiger partial charge in [-0.2, -0.15) is 0 Å². The highest BCUT2D eigenvalue weighted by Crippen LogP contribution is 2.26. The van der Waals surface area contributed by atoms with E-state index >= 15 is 0 Å². The molecular formula is C12H17NO4. The highest BCUT2D eigenvalue weighted by atomic mass is 16.5. The van der Waals surface area contributed by atoms with Gasteiger partial charge in [0.25, 0.3) is 0 Å². The van der Waals surface area contributed by atoms with Crippen LogP contribution in [0.5, 0.6) is 0 Å². The minimum absolute atomic E-state index is 0.158. The molecule has 1 saturated heterocycles. The molecule has 2 rings (SSSR count). The summed E-state index contributed by atoms with van der Waals surface area (Å²) in [5.74, 6) is 0.517. The van der Waals surface area contributed by atoms with Crippen LogP contribution in [0.1, 0.15) is 47.8 Å². The molecule has 1 aliphatic rings. The van der Waals surface area contributed by atoms with Crippen LogP contribution in [-0.4, -0.2) is 30.8 Å². The summed E-state index contributed by atoms with van der Waals surface area (Å²) in [6.07, 6.45) is 1.99. The standard InChI is InChI=1S/C12H17NO4/c1-3-16-12(14)10-8(2)13-11(17-10)9-5-4-6-15-7-9/h9H,3-7H2,1-2H3. The van der Waals surface area contributed by atoms with E-state index in [1.165, 1.54) is 0 Å². The van der Waals surface area contributed by atoms with Crippen LogP contribution in [0, 0.1) is 6.92 Å². The normalized spacial score (nSPS) is 20.2. The monoisotopic (exact) mass is 239 g/mol. The molecule has 1 aromatic heterocycles. The summed E-state index contributed by atoms with van der Waals surface area (Å²) < 4.78 is 15.8. The number of hydrogen-bond donors (Lipinski definition) is 0. The largest absolute Gasteiger partial charge is 0.460 e. The zero-order valence-electron chi connectivity index (χ0n) is 10.2. The van der Waals surface area contributed by atoms with Gasteiger partial charge in [0.1, 0.15) is 0 Å². The second-order valence-corrected chi connectivity index (χ2v) is 4.10. The summed E-state index contributed by atoms with van der Waals surface area (Å²) in [5.41, 5.74) is 0.587. The van der Waals surface area contributed by atoms with Gasteiger partial charge in [0.05, 0.1) is 24.8 Å². The molecule has 94 valence electrons. The van der Waals surface area contributed by atoms with Crippen molar-refractivity contribution in [1.29, 1.82) is 0 Å². The van der Waals surface area contributed by atoms with Gasteiger partial charge < -0.3 is 13.9 Å². The number of rotatable bonds is 3. The highest BCUT2D eigenvalue weighted by Gasteiger charge is 2.25. The molecule has 1 fully saturated rings. The van der Waals surface area contributed by atoms with E-state index < -0.39 is 5.97 Å². The molecule has 0 spiro atoms. The number of carbonyl (C=O) groups excluding carboxylic acids is 1. The molecule has 0 N–H and O–H groups in total. The quantitative estimate of drug-likeness (QED) is 0.755. The topological polar surface area (TPSA) is 61.6 Å². The average Bonchev–Trinajstić information content (AvgIpc) is 2.73. The van der Waals surface area contributed by atoms with Crippen LogP contribution < -0.4 is 0 Å². The van der Waals surface area contributed by atoms with E-state index in [0.29, 0.717) is 24.8 Å². The highest BCUT2D eigenvalue weighted by molar-refractivity contribution is 5.87. The first-order chi connectivity index (χ1) is 8.22. The lowest BCUT2D eigenvalue weighted by atomic mass is 10.0. The van der Waals surface area contributed by atoms with Gasteiger partial charge in [0, 0.05) is 6.61 Å². The molecule has 2 heterocycles. The predicted octanol–water partition coefficient (Wildman–Crippen LogP) is 2.05. The van der Waals surface area contributed by atoms with Gasteiger partial charge in [-0.25, -0.2) is 9.78 Å². The fourth-order valence-electron chi connectivity index (χ4n) is 1.91. The summed E-state index contributed by atoms with van der Waals surface area (Å²) in [6, 6.07) is 0. The van der Waals surface area contributed by atoms with Crippen molar-refractivity contribution in [3.8, 4) is 0 Å². The van der Waals surface area contributed by atoms with Gasteiger partial charge in [0.2, 0.25) is 11.7 Å². The van der Waals surface area contributed by atoms with Gasteiger partial charge in [-0.3, -0.25) is 0 Å². The zero-order valence-corrected chi connectivity index (χ0v) is 10.2. The van der Waals surface area contributed by atoms with E-state index in [1.807, 2.05) is 0 Å². The summed E-state index contributed by atoms with van der Waals surface area (Å²) in [7, 11) is 0. The lowest BCUT2D eigenvalue weighted by Crippen LogP contribution is -2.15. The Kier molecular flexibility index (Phi) is 3.78. The van der Waals surface area contributed by atoms with E-state index in [1.54, 1.807) is 13.8 Å². The Hall–Kier alpha value is -1.36. The molecule has 1 aliphatic heterocycles. The maximum Gasteiger partial charge on any atom is 0.376 e. The van der Waals surface area contributed by atoms with Crippen LogP contribution in [0.3, 0.4) is 0 Å². The van der Waals surface area contributed by atoms with Crippen molar-refractivity contribution < 1.29 is 18.7 Å². The first-order valence-electron chi connectivity index (χ1n) is 5.94. The minimum Gasteiger partial charge on any atom is -0.460 e. The Morgan fingerprint density at radius 3 is 3.06 bits per heavy atom. The average molecular weight is 239 g/mol. The molecule has 0 saturated carbocycles. The Morgan fingerprint density at radius 1 is 1.59 bits per heavy atom. The Labute approximate surface area is 100 Å². The molecule has 0 amide bonds. The number of esters is 1. The summed E-state index contributed by atoms with van der Waals surface area (Å²) in [6.45, 7) is 5.26. The van der Waals surface area contributed by atoms with Crippen LogP contribution in [0.4, 0.5) is 0 Å². The smallest absolute Gasteiger partial charge is 0.376 e. The number of nitrogens with zero attached hydrogens (tertiary/aromatic N) is 1. The fraction of sp³-hybridized carbons (Fsp3) is 0.667. The maximum absolute atomic E-state index is 11.6. The Bertz CT molecular complexity index is 393. The van der Waals surface area contributed by atoms with Crippen molar-refractivity contribution in [3.05, 3.63) is 17.3 Å². The molecule has 0 aliphatic carbocycles. The Morgan fingerprint density at radius 2 is 2.41 bits per heavy atom. The number of ether oxygens (including phenoxy) is 2. The molecule has 5 heteroatoms. The summed E-state index contributed by atoms with van der Waals surface area (Å²) >= 11 is 0. The van der Waals surface area contributed by atoms with Crippen molar-refractivity contribution in [2.24, 2.45) is 0 Å². The second kappa shape index (κ2) is 5.31. The van der Waals surface area contributed by atoms with Crippen LogP contribution in [0.15, 0.2) is 4.42 Å². The zero-order chi connectivity index (χ0) is 12.3. The number of hydrogen-bond acceptors (Lipinski definition) is 5. The lowest BCUT2D eigenvalue weighted by molar-refractivity contribution is 0.0474. The van der Waals surface area contributed by atoms with Gasteiger partial charge in [-0.05, 0) is 26.7 Å². The minimum atomic E-state index is -0.444. The third-order valence-corrected chi connectivity index (χ3v) is 2.78. The van der Waals surface area contributed by atoms with Crippen LogP contribution in [-0.2, 0) is 9.47 Å². The van der Waals surface area contributed by atoms with E-state index in [-0.39, 0.29) is 11.7 Å². The molecule has 1 unspecified atom stereocenters. The summed E-state index contributed by atoms with van der Waals surface area (Å²) in [5, 5.41) is 0. The maximum atomic E-state index is 11.6. The summed E-state index contributed by atoms with van der Waals surface area (Å²) in [4.78, 5) is 15.9. The number of aromatic nitrogens is 1. The van der Waals surface area contributed by atoms with Gasteiger partial charge in [0.15, 0.2) is 0 Å². The Balaban J connectivity index is 2.14. The molecule has 0 aromatic carbocycles. The molecule has 5 nitrogen and oxygen atoms in total. The van der Waals surface area contributed by atoms with Crippen molar-refractivity contribution in [2.45, 2.75) is 32.6 Å². The lowest BCUT2D eigenvalue weighted by Gasteiger charge is -2.18. The molecule has 0 radical (unpaired) electrons. The van der Waals surface area contributed by atoms with Crippen molar-refractivity contribution >= 4 is 5.97 Å². The van der Waals surface area contributed by atoms with Gasteiger partial charge >= 0.3 is 5.97 Å². The van der Waals surface area contributed by atoms with E-state index in [2.05, 4.69) is 4.98 Å². The van der Waals surface area contributed by atoms with E-state index in [9.17, 15) is 4.79 Å². The van der Waals surface area contributed by atoms with Crippen LogP contribution in [0.25, 0.3) is 0 Å². The fourth-order valence-corrected chi connectivity index (χ4v) is 1.91. The number of carbonyl (C=O) groups is 1. The van der Waals surface area contributed by atoms with Gasteiger partial charge in [-0.1, -0.05) is 0 Å². The van der Waals surface area contributed by atoms with E-state index in [0.717, 1.165) is 19.4 Å². The second-order valence-electron chi connectivity index (χ2n) is 4.10. The molecule has 1 aromatic rings. The SMILES string of the molecule is CCOC(=O)c1oc(C2CCCOC2)nc1C. The van der Waals surface area contributed by atoms with Crippen molar-refractivity contribution in [1.82, 2.24) is 4.98 Å². The molecule has 17 heavy (non-hydrogen) atoms. The van der Waals surface area contributed by atoms with E-state index in [4.69, 9.17) is 13.9 Å². The van der Waals surface area contributed by atoms with Crippen LogP contribution >= 0.6 is 0 Å². The third-order valence-electron chi connectivity index (χ3n) is 2.78. The van der Waals surface area contributed by atoms with Gasteiger partial charge in [-0.15, -0.1) is 0 Å². The number of oxazole rings is 1. The van der Waals surface area contributed by atoms with Crippen LogP contribution in [0.2, 0.25) is 0 Å². The predicted molar refractivity (Wildman–Crippen MR) is 60.0 cm³/mol. The number of aryl methyl sites for hydroxylation is 1. The molecule has 0 bridgehead atoms. The first kappa shape index (κ1) is 12.1. The first-order valence-corrected chi connectivity index (χ1v) is 5.94. The third kappa shape index (κ3) is 2.66. The molecular weight excluding hydrogens is 222 g/mol. The molecule has 1 atom stereocenters. The van der Waals surface area contributed by atoms with Crippen molar-refractivity contribution in [3.63, 3.8) is 0 Å².